The first-order chi connectivity index (χ1) is 26.0. The van der Waals surface area contributed by atoms with Crippen LogP contribution in [0.15, 0.2) is 30.3 Å². The number of β-amino-alcohol motifs (C(OH)–C–C–N with tert-alkyl or cyclic N) is 1. The second-order valence-corrected chi connectivity index (χ2v) is 17.1. The quantitative estimate of drug-likeness (QED) is 0.137. The minimum absolute atomic E-state index is 0.0210. The third-order valence-corrected chi connectivity index (χ3v) is 12.2. The molecule has 3 fully saturated rings. The largest absolute Gasteiger partial charge is 0.463 e. The predicted octanol–water partition coefficient (Wildman–Crippen LogP) is 4.60. The van der Waals surface area contributed by atoms with Gasteiger partial charge in [0.05, 0.1) is 30.0 Å². The number of rotatable bonds is 12. The smallest absolute Gasteiger partial charge is 0.373 e. The van der Waals surface area contributed by atoms with Gasteiger partial charge in [0.1, 0.15) is 12.0 Å². The first-order valence-electron chi connectivity index (χ1n) is 20.3. The van der Waals surface area contributed by atoms with Crippen LogP contribution in [0.5, 0.6) is 0 Å². The zero-order valence-electron chi connectivity index (χ0n) is 35.0. The second-order valence-electron chi connectivity index (χ2n) is 17.1. The summed E-state index contributed by atoms with van der Waals surface area (Å²) in [4.78, 5) is 59.6. The van der Waals surface area contributed by atoms with Crippen LogP contribution < -0.4 is 0 Å². The molecule has 3 aliphatic rings. The fourth-order valence-electron chi connectivity index (χ4n) is 8.86. The molecule has 0 aliphatic carbocycles. The van der Waals surface area contributed by atoms with Gasteiger partial charge < -0.3 is 33.9 Å². The van der Waals surface area contributed by atoms with E-state index in [1.165, 1.54) is 0 Å². The molecule has 1 aromatic rings. The summed E-state index contributed by atoms with van der Waals surface area (Å²) in [6.45, 7) is 17.6. The lowest BCUT2D eigenvalue weighted by Crippen LogP contribution is -2.60. The van der Waals surface area contributed by atoms with Crippen LogP contribution in [0.1, 0.15) is 90.9 Å². The van der Waals surface area contributed by atoms with Gasteiger partial charge in [-0.25, -0.2) is 4.79 Å². The molecule has 4 rings (SSSR count). The van der Waals surface area contributed by atoms with E-state index in [-0.39, 0.29) is 43.1 Å². The maximum Gasteiger partial charge on any atom is 0.373 e. The molecule has 0 radical (unpaired) electrons. The molecular weight excluding hydrogens is 706 g/mol. The molecule has 0 aromatic heterocycles. The molecule has 3 saturated heterocycles. The number of likely N-dealkylation sites (tertiary alicyclic amines) is 1. The van der Waals surface area contributed by atoms with E-state index in [2.05, 4.69) is 23.6 Å². The number of Topliss-reactive ketones (excluding diaryl/α,β-unsaturated/α-hetero) is 1. The molecule has 1 aromatic carbocycles. The maximum atomic E-state index is 14.6. The van der Waals surface area contributed by atoms with Gasteiger partial charge in [-0.3, -0.25) is 19.4 Å². The van der Waals surface area contributed by atoms with Crippen molar-refractivity contribution in [2.45, 2.75) is 123 Å². The van der Waals surface area contributed by atoms with Gasteiger partial charge in [0.2, 0.25) is 0 Å². The molecule has 0 spiro atoms. The van der Waals surface area contributed by atoms with Crippen molar-refractivity contribution in [2.24, 2.45) is 23.2 Å². The molecular formula is C42H69N3O10. The van der Waals surface area contributed by atoms with Gasteiger partial charge in [-0.2, -0.15) is 4.89 Å². The molecule has 0 unspecified atom stereocenters. The van der Waals surface area contributed by atoms with E-state index in [4.69, 9.17) is 28.7 Å². The summed E-state index contributed by atoms with van der Waals surface area (Å²) in [5.74, 6) is -1.84. The Bertz CT molecular complexity index is 1370. The number of aliphatic hydroxyl groups excluding tert-OH is 1. The number of benzene rings is 1. The van der Waals surface area contributed by atoms with Crippen molar-refractivity contribution in [1.82, 2.24) is 14.7 Å². The Labute approximate surface area is 329 Å². The van der Waals surface area contributed by atoms with E-state index >= 15 is 0 Å². The minimum Gasteiger partial charge on any atom is -0.463 e. The summed E-state index contributed by atoms with van der Waals surface area (Å²) in [7, 11) is 5.47. The van der Waals surface area contributed by atoms with Crippen molar-refractivity contribution < 1.29 is 48.2 Å². The Morgan fingerprint density at radius 3 is 2.33 bits per heavy atom. The molecule has 3 aliphatic heterocycles. The van der Waals surface area contributed by atoms with Crippen LogP contribution in [0.3, 0.4) is 0 Å². The van der Waals surface area contributed by atoms with E-state index in [1.807, 2.05) is 38.9 Å². The van der Waals surface area contributed by atoms with E-state index in [0.717, 1.165) is 45.4 Å². The predicted molar refractivity (Wildman–Crippen MR) is 208 cm³/mol. The van der Waals surface area contributed by atoms with E-state index < -0.39 is 47.4 Å². The number of carbonyl (C=O) groups is 3. The van der Waals surface area contributed by atoms with Crippen LogP contribution in [-0.2, 0) is 38.3 Å². The van der Waals surface area contributed by atoms with Crippen LogP contribution >= 0.6 is 0 Å². The van der Waals surface area contributed by atoms with Crippen molar-refractivity contribution in [3.63, 3.8) is 0 Å². The molecule has 13 nitrogen and oxygen atoms in total. The molecule has 312 valence electrons. The number of hydrogen-bond acceptors (Lipinski definition) is 13. The first kappa shape index (κ1) is 45.2. The Hall–Kier alpha value is -2.49. The van der Waals surface area contributed by atoms with E-state index in [1.54, 1.807) is 52.1 Å². The molecule has 0 saturated carbocycles. The summed E-state index contributed by atoms with van der Waals surface area (Å²) in [6.07, 6.45) is 0.941. The third kappa shape index (κ3) is 11.6. The lowest BCUT2D eigenvalue weighted by molar-refractivity contribution is -0.372. The van der Waals surface area contributed by atoms with Gasteiger partial charge in [0.15, 0.2) is 18.2 Å². The highest BCUT2D eigenvalue weighted by molar-refractivity contribution is 6.04. The van der Waals surface area contributed by atoms with Crippen LogP contribution in [0, 0.1) is 23.2 Å². The van der Waals surface area contributed by atoms with Gasteiger partial charge in [-0.05, 0) is 117 Å². The number of aliphatic hydroxyl groups is 1. The van der Waals surface area contributed by atoms with Crippen LogP contribution in [-0.4, -0.2) is 147 Å². The Morgan fingerprint density at radius 2 is 1.73 bits per heavy atom. The van der Waals surface area contributed by atoms with E-state index in [9.17, 15) is 19.5 Å². The zero-order chi connectivity index (χ0) is 40.5. The van der Waals surface area contributed by atoms with Gasteiger partial charge in [0, 0.05) is 38.2 Å². The highest BCUT2D eigenvalue weighted by Gasteiger charge is 2.52. The third-order valence-electron chi connectivity index (χ3n) is 12.2. The molecule has 13 heteroatoms. The normalized spacial score (nSPS) is 33.7. The zero-order valence-corrected chi connectivity index (χ0v) is 35.0. The Kier molecular flexibility index (Phi) is 16.7. The van der Waals surface area contributed by atoms with Crippen molar-refractivity contribution in [3.8, 4) is 0 Å². The number of likely N-dealkylation sites (N-methyl/N-ethyl adjacent to an activating group) is 2. The number of hydrogen-bond donors (Lipinski definition) is 1. The van der Waals surface area contributed by atoms with Crippen molar-refractivity contribution in [2.75, 3.05) is 67.1 Å². The van der Waals surface area contributed by atoms with Crippen LogP contribution in [0.2, 0.25) is 0 Å². The van der Waals surface area contributed by atoms with Gasteiger partial charge in [-0.1, -0.05) is 39.0 Å². The minimum atomic E-state index is -1.49. The molecule has 1 N–H and O–H groups in total. The number of esters is 1. The van der Waals surface area contributed by atoms with Crippen molar-refractivity contribution in [1.29, 1.82) is 0 Å². The standard InChI is InChI=1S/C42H69N3O10/c1-11-45-26-28(2)25-42(7,50-10)37(53-39-35(34(43(8)9)23-29(3)52-39)54-55-38(48)32-15-13-12-14-16-32)30(4)36(47)41(5,6)40(49)51-27-33(45)24-31-17-19-44(20-18-31)21-22-46/h12-16,28-31,33-35,37,39,46H,11,17-27H2,1-10H3/t28-,29-,30+,33-,34+,35-,37-,39+,42-/m1/s1. The van der Waals surface area contributed by atoms with Gasteiger partial charge >= 0.3 is 11.9 Å². The highest BCUT2D eigenvalue weighted by Crippen LogP contribution is 2.39. The number of piperidine rings is 1. The summed E-state index contributed by atoms with van der Waals surface area (Å²) in [6, 6.07) is 8.30. The first-order valence-corrected chi connectivity index (χ1v) is 20.3. The summed E-state index contributed by atoms with van der Waals surface area (Å²) >= 11 is 0. The summed E-state index contributed by atoms with van der Waals surface area (Å²) in [5, 5.41) is 9.42. The molecule has 0 amide bonds. The van der Waals surface area contributed by atoms with Crippen molar-refractivity contribution >= 4 is 17.7 Å². The summed E-state index contributed by atoms with van der Waals surface area (Å²) < 4.78 is 25.8. The van der Waals surface area contributed by atoms with Crippen LogP contribution in [0.25, 0.3) is 0 Å². The monoisotopic (exact) mass is 775 g/mol. The lowest BCUT2D eigenvalue weighted by Gasteiger charge is -2.47. The molecule has 55 heavy (non-hydrogen) atoms. The molecule has 0 bridgehead atoms. The van der Waals surface area contributed by atoms with E-state index in [0.29, 0.717) is 30.9 Å². The lowest BCUT2D eigenvalue weighted by atomic mass is 9.74. The van der Waals surface area contributed by atoms with Crippen molar-refractivity contribution in [3.05, 3.63) is 35.9 Å². The maximum absolute atomic E-state index is 14.6. The number of nitrogens with zero attached hydrogens (tertiary/aromatic N) is 3. The fraction of sp³-hybridized carbons (Fsp3) is 0.786. The Balaban J connectivity index is 1.65. The number of methoxy groups -OCH3 is 1. The fourth-order valence-corrected chi connectivity index (χ4v) is 8.86. The average Bonchev–Trinajstić information content (AvgIpc) is 3.16. The number of ether oxygens (including phenoxy) is 4. The topological polar surface area (TPSA) is 137 Å². The Morgan fingerprint density at radius 1 is 1.05 bits per heavy atom. The van der Waals surface area contributed by atoms with Crippen LogP contribution in [0.4, 0.5) is 0 Å². The summed E-state index contributed by atoms with van der Waals surface area (Å²) in [5.41, 5.74) is -2.16. The average molecular weight is 776 g/mol. The highest BCUT2D eigenvalue weighted by atomic mass is 17.2. The second kappa shape index (κ2) is 20.3. The molecule has 9 atom stereocenters. The molecule has 3 heterocycles. The number of ketones is 1. The number of carbonyl (C=O) groups excluding carboxylic acids is 3. The SMILES string of the molecule is CCN1C[C@H](C)C[C@@](C)(OC)[C@H](O[C@@H]2O[C@H](C)C[C@H](N(C)C)[C@H]2OOC(=O)c2ccccc2)[C@@H](C)C(=O)C(C)(C)C(=O)OC[C@H]1CC1CCN(CCO)CC1. The van der Waals surface area contributed by atoms with Gasteiger partial charge in [0.25, 0.3) is 0 Å². The van der Waals surface area contributed by atoms with Gasteiger partial charge in [-0.15, -0.1) is 0 Å². The number of cyclic esters (lactones) is 1.